The molecule has 1 aliphatic carbocycles. The van der Waals surface area contributed by atoms with E-state index in [1.165, 1.54) is 18.2 Å². The first kappa shape index (κ1) is 14.2. The van der Waals surface area contributed by atoms with E-state index in [1.807, 2.05) is 0 Å². The van der Waals surface area contributed by atoms with E-state index in [0.717, 1.165) is 19.3 Å². The largest absolute Gasteiger partial charge is 0.377 e. The maximum atomic E-state index is 12.6. The van der Waals surface area contributed by atoms with Crippen molar-refractivity contribution in [1.29, 1.82) is 0 Å². The van der Waals surface area contributed by atoms with Crippen LogP contribution in [0.3, 0.4) is 0 Å². The van der Waals surface area contributed by atoms with Gasteiger partial charge in [0.2, 0.25) is 9.84 Å². The molecule has 19 heavy (non-hydrogen) atoms. The smallest absolute Gasteiger partial charge is 0.341 e. The van der Waals surface area contributed by atoms with Gasteiger partial charge in [-0.15, -0.1) is 0 Å². The van der Waals surface area contributed by atoms with E-state index in [0.29, 0.717) is 6.54 Å². The van der Waals surface area contributed by atoms with Crippen molar-refractivity contribution in [1.82, 2.24) is 0 Å². The zero-order valence-corrected chi connectivity index (χ0v) is 11.1. The Morgan fingerprint density at radius 3 is 2.42 bits per heavy atom. The van der Waals surface area contributed by atoms with Crippen LogP contribution < -0.4 is 11.1 Å². The highest BCUT2D eigenvalue weighted by Crippen LogP contribution is 2.36. The van der Waals surface area contributed by atoms with Crippen LogP contribution in [-0.4, -0.2) is 26.3 Å². The Labute approximate surface area is 110 Å². The molecule has 106 valence electrons. The van der Waals surface area contributed by atoms with Crippen molar-refractivity contribution in [2.45, 2.75) is 35.5 Å². The minimum Gasteiger partial charge on any atom is -0.377 e. The summed E-state index contributed by atoms with van der Waals surface area (Å²) in [5, 5.41) is 3.03. The van der Waals surface area contributed by atoms with Gasteiger partial charge < -0.3 is 11.1 Å². The molecule has 0 radical (unpaired) electrons. The highest BCUT2D eigenvalue weighted by Gasteiger charge is 2.37. The number of rotatable bonds is 5. The van der Waals surface area contributed by atoms with E-state index in [1.54, 1.807) is 6.07 Å². The lowest BCUT2D eigenvalue weighted by molar-refractivity contribution is 0.234. The molecule has 1 aromatic rings. The zero-order chi connectivity index (χ0) is 14.1. The summed E-state index contributed by atoms with van der Waals surface area (Å²) in [6.45, 7) is 0.343. The molecule has 1 fully saturated rings. The van der Waals surface area contributed by atoms with Gasteiger partial charge in [0.15, 0.2) is 0 Å². The molecule has 0 heterocycles. The molecular weight excluding hydrogens is 274 g/mol. The molecule has 0 bridgehead atoms. The van der Waals surface area contributed by atoms with E-state index in [9.17, 15) is 17.2 Å². The fraction of sp³-hybridized carbons (Fsp3) is 0.500. The van der Waals surface area contributed by atoms with Crippen LogP contribution in [0.4, 0.5) is 14.5 Å². The topological polar surface area (TPSA) is 72.2 Å². The summed E-state index contributed by atoms with van der Waals surface area (Å²) in [5.41, 5.74) is 5.51. The number of hydrogen-bond acceptors (Lipinski definition) is 4. The predicted octanol–water partition coefficient (Wildman–Crippen LogP) is 1.98. The number of sulfone groups is 1. The molecule has 3 N–H and O–H groups in total. The number of para-hydroxylation sites is 1. The van der Waals surface area contributed by atoms with Crippen molar-refractivity contribution >= 4 is 15.5 Å². The van der Waals surface area contributed by atoms with Gasteiger partial charge in [-0.25, -0.2) is 8.42 Å². The van der Waals surface area contributed by atoms with Crippen LogP contribution >= 0.6 is 0 Å². The first-order valence-corrected chi connectivity index (χ1v) is 7.55. The summed E-state index contributed by atoms with van der Waals surface area (Å²) in [6.07, 6.45) is 2.62. The summed E-state index contributed by atoms with van der Waals surface area (Å²) in [5.74, 6) is -3.43. The molecule has 1 aromatic carbocycles. The fourth-order valence-electron chi connectivity index (χ4n) is 2.18. The van der Waals surface area contributed by atoms with Crippen molar-refractivity contribution in [3.63, 3.8) is 0 Å². The Morgan fingerprint density at radius 1 is 1.32 bits per heavy atom. The Balaban J connectivity index is 2.37. The van der Waals surface area contributed by atoms with E-state index < -0.39 is 15.6 Å². The van der Waals surface area contributed by atoms with Gasteiger partial charge in [-0.05, 0) is 31.4 Å². The van der Waals surface area contributed by atoms with E-state index >= 15 is 0 Å². The number of hydrogen-bond donors (Lipinski definition) is 2. The SMILES string of the molecule is NCC1(Nc2ccccc2S(=O)(=O)C(F)F)CCC1. The normalized spacial score (nSPS) is 18.1. The maximum absolute atomic E-state index is 12.6. The summed E-state index contributed by atoms with van der Waals surface area (Å²) in [6, 6.07) is 5.71. The third kappa shape index (κ3) is 2.57. The Hall–Kier alpha value is -1.21. The maximum Gasteiger partial charge on any atom is 0.341 e. The lowest BCUT2D eigenvalue weighted by atomic mass is 9.76. The summed E-state index contributed by atoms with van der Waals surface area (Å²) in [7, 11) is -4.61. The highest BCUT2D eigenvalue weighted by molar-refractivity contribution is 7.91. The summed E-state index contributed by atoms with van der Waals surface area (Å²) < 4.78 is 48.5. The molecular formula is C12H16F2N2O2S. The quantitative estimate of drug-likeness (QED) is 0.869. The van der Waals surface area contributed by atoms with Gasteiger partial charge in [-0.1, -0.05) is 12.1 Å². The molecule has 0 atom stereocenters. The zero-order valence-electron chi connectivity index (χ0n) is 10.3. The van der Waals surface area contributed by atoms with Gasteiger partial charge in [0.05, 0.1) is 10.6 Å². The van der Waals surface area contributed by atoms with Crippen LogP contribution in [0.2, 0.25) is 0 Å². The van der Waals surface area contributed by atoms with Crippen LogP contribution in [0.5, 0.6) is 0 Å². The number of anilines is 1. The molecule has 1 saturated carbocycles. The predicted molar refractivity (Wildman–Crippen MR) is 68.9 cm³/mol. The molecule has 7 heteroatoms. The van der Waals surface area contributed by atoms with Crippen LogP contribution in [0.25, 0.3) is 0 Å². The number of halogens is 2. The third-order valence-corrected chi connectivity index (χ3v) is 4.97. The lowest BCUT2D eigenvalue weighted by Gasteiger charge is -2.42. The van der Waals surface area contributed by atoms with Gasteiger partial charge in [0.1, 0.15) is 0 Å². The van der Waals surface area contributed by atoms with E-state index in [4.69, 9.17) is 5.73 Å². The van der Waals surface area contributed by atoms with Crippen LogP contribution in [0.1, 0.15) is 19.3 Å². The number of nitrogens with two attached hydrogens (primary N) is 1. The van der Waals surface area contributed by atoms with Gasteiger partial charge in [-0.2, -0.15) is 8.78 Å². The van der Waals surface area contributed by atoms with Crippen molar-refractivity contribution in [2.75, 3.05) is 11.9 Å². The van der Waals surface area contributed by atoms with Crippen LogP contribution in [-0.2, 0) is 9.84 Å². The first-order valence-electron chi connectivity index (χ1n) is 6.01. The first-order chi connectivity index (χ1) is 8.91. The number of nitrogens with one attached hydrogen (secondary N) is 1. The molecule has 1 aliphatic rings. The summed E-state index contributed by atoms with van der Waals surface area (Å²) in [4.78, 5) is -0.371. The standard InChI is InChI=1S/C12H16F2N2O2S/c13-11(14)19(17,18)10-5-2-1-4-9(10)16-12(8-15)6-3-7-12/h1-2,4-5,11,16H,3,6-8,15H2. The second-order valence-electron chi connectivity index (χ2n) is 4.76. The fourth-order valence-corrected chi connectivity index (χ4v) is 3.07. The Morgan fingerprint density at radius 2 is 1.95 bits per heavy atom. The van der Waals surface area contributed by atoms with Gasteiger partial charge in [0, 0.05) is 12.1 Å². The van der Waals surface area contributed by atoms with Crippen molar-refractivity contribution in [3.05, 3.63) is 24.3 Å². The van der Waals surface area contributed by atoms with E-state index in [-0.39, 0.29) is 16.1 Å². The van der Waals surface area contributed by atoms with Gasteiger partial charge in [-0.3, -0.25) is 0 Å². The van der Waals surface area contributed by atoms with E-state index in [2.05, 4.69) is 5.32 Å². The average molecular weight is 290 g/mol. The van der Waals surface area contributed by atoms with Crippen LogP contribution in [0.15, 0.2) is 29.2 Å². The molecule has 0 unspecified atom stereocenters. The van der Waals surface area contributed by atoms with Gasteiger partial charge >= 0.3 is 5.76 Å². The lowest BCUT2D eigenvalue weighted by Crippen LogP contribution is -2.51. The molecule has 0 aromatic heterocycles. The minimum absolute atomic E-state index is 0.202. The molecule has 4 nitrogen and oxygen atoms in total. The van der Waals surface area contributed by atoms with Gasteiger partial charge in [0.25, 0.3) is 0 Å². The summed E-state index contributed by atoms with van der Waals surface area (Å²) >= 11 is 0. The van der Waals surface area contributed by atoms with Crippen molar-refractivity contribution in [3.8, 4) is 0 Å². The molecule has 0 spiro atoms. The Bertz CT molecular complexity index is 551. The molecule has 0 amide bonds. The van der Waals surface area contributed by atoms with Crippen LogP contribution in [0, 0.1) is 0 Å². The minimum atomic E-state index is -4.61. The number of benzene rings is 1. The second kappa shape index (κ2) is 5.05. The average Bonchev–Trinajstić information content (AvgIpc) is 2.34. The second-order valence-corrected chi connectivity index (χ2v) is 6.65. The van der Waals surface area contributed by atoms with Crippen molar-refractivity contribution < 1.29 is 17.2 Å². The third-order valence-electron chi connectivity index (χ3n) is 3.53. The van der Waals surface area contributed by atoms with Crippen molar-refractivity contribution in [2.24, 2.45) is 5.73 Å². The highest BCUT2D eigenvalue weighted by atomic mass is 32.2. The molecule has 2 rings (SSSR count). The Kier molecular flexibility index (Phi) is 3.78. The molecule has 0 saturated heterocycles. The monoisotopic (exact) mass is 290 g/mol. The number of alkyl halides is 2. The molecule has 0 aliphatic heterocycles.